The fourth-order valence-electron chi connectivity index (χ4n) is 1.49. The minimum Gasteiger partial charge on any atom is -0.331 e. The second-order valence-electron chi connectivity index (χ2n) is 4.96. The summed E-state index contributed by atoms with van der Waals surface area (Å²) in [4.78, 5) is 11.1. The molecule has 0 aromatic rings. The fourth-order valence-corrected chi connectivity index (χ4v) is 1.49. The molecule has 0 aromatic heterocycles. The highest BCUT2D eigenvalue weighted by molar-refractivity contribution is 5.81. The Hall–Kier alpha value is -0.410. The molecule has 14 heavy (non-hydrogen) atoms. The van der Waals surface area contributed by atoms with Crippen LogP contribution in [0.15, 0.2) is 0 Å². The molecule has 0 spiro atoms. The first-order chi connectivity index (χ1) is 6.37. The van der Waals surface area contributed by atoms with Crippen molar-refractivity contribution < 1.29 is 9.28 Å². The molecule has 84 valence electrons. The van der Waals surface area contributed by atoms with Crippen LogP contribution in [0.5, 0.6) is 0 Å². The number of nitrogens with one attached hydrogen (secondary N) is 1. The van der Waals surface area contributed by atoms with E-state index in [2.05, 4.69) is 26.5 Å². The lowest BCUT2D eigenvalue weighted by molar-refractivity contribution is -0.870. The molecular weight excluding hydrogens is 176 g/mol. The van der Waals surface area contributed by atoms with Crippen molar-refractivity contribution in [2.45, 2.75) is 32.2 Å². The summed E-state index contributed by atoms with van der Waals surface area (Å²) in [6.07, 6.45) is 3.28. The molecule has 3 heteroatoms. The molecule has 1 atom stereocenters. The summed E-state index contributed by atoms with van der Waals surface area (Å²) in [7, 11) is 8.44. The largest absolute Gasteiger partial charge is 0.331 e. The van der Waals surface area contributed by atoms with E-state index in [1.165, 1.54) is 13.0 Å². The minimum absolute atomic E-state index is 0.0578. The van der Waals surface area contributed by atoms with Crippen LogP contribution in [0.1, 0.15) is 26.2 Å². The van der Waals surface area contributed by atoms with Crippen molar-refractivity contribution >= 4 is 5.78 Å². The van der Waals surface area contributed by atoms with E-state index in [1.54, 1.807) is 6.92 Å². The van der Waals surface area contributed by atoms with E-state index in [9.17, 15) is 4.79 Å². The van der Waals surface area contributed by atoms with Gasteiger partial charge in [-0.15, -0.1) is 0 Å². The maximum atomic E-state index is 11.1. The van der Waals surface area contributed by atoms with Gasteiger partial charge in [0, 0.05) is 0 Å². The Kier molecular flexibility index (Phi) is 5.96. The van der Waals surface area contributed by atoms with E-state index in [4.69, 9.17) is 0 Å². The molecular formula is C11H25N2O+. The highest BCUT2D eigenvalue weighted by Gasteiger charge is 2.12. The number of unbranched alkanes of at least 4 members (excludes halogenated alkanes) is 1. The van der Waals surface area contributed by atoms with Crippen LogP contribution in [-0.2, 0) is 4.79 Å². The first-order valence-electron chi connectivity index (χ1n) is 5.35. The van der Waals surface area contributed by atoms with Gasteiger partial charge in [0.25, 0.3) is 0 Å². The highest BCUT2D eigenvalue weighted by Crippen LogP contribution is 2.04. The standard InChI is InChI=1S/C11H25N2O/c1-10(14)11(12-2)8-6-7-9-13(3,4)5/h11-12H,6-9H2,1-5H3/q+1/t11-/m0/s1. The summed E-state index contributed by atoms with van der Waals surface area (Å²) >= 11 is 0. The Morgan fingerprint density at radius 2 is 1.86 bits per heavy atom. The number of hydrogen-bond acceptors (Lipinski definition) is 2. The van der Waals surface area contributed by atoms with Crippen molar-refractivity contribution in [2.75, 3.05) is 34.7 Å². The van der Waals surface area contributed by atoms with Gasteiger partial charge in [-0.05, 0) is 33.2 Å². The van der Waals surface area contributed by atoms with Gasteiger partial charge in [0.15, 0.2) is 0 Å². The van der Waals surface area contributed by atoms with Crippen molar-refractivity contribution in [1.29, 1.82) is 0 Å². The molecule has 0 amide bonds. The second-order valence-corrected chi connectivity index (χ2v) is 4.96. The lowest BCUT2D eigenvalue weighted by Gasteiger charge is -2.24. The van der Waals surface area contributed by atoms with Crippen LogP contribution < -0.4 is 5.32 Å². The number of ketones is 1. The van der Waals surface area contributed by atoms with E-state index in [-0.39, 0.29) is 11.8 Å². The van der Waals surface area contributed by atoms with Crippen LogP contribution >= 0.6 is 0 Å². The maximum absolute atomic E-state index is 11.1. The molecule has 0 rings (SSSR count). The minimum atomic E-state index is 0.0578. The lowest BCUT2D eigenvalue weighted by atomic mass is 10.1. The number of carbonyl (C=O) groups excluding carboxylic acids is 1. The van der Waals surface area contributed by atoms with Crippen molar-refractivity contribution in [3.05, 3.63) is 0 Å². The zero-order valence-corrected chi connectivity index (χ0v) is 10.3. The third kappa shape index (κ3) is 7.04. The van der Waals surface area contributed by atoms with Crippen molar-refractivity contribution in [2.24, 2.45) is 0 Å². The van der Waals surface area contributed by atoms with Gasteiger partial charge >= 0.3 is 0 Å². The quantitative estimate of drug-likeness (QED) is 0.492. The Bertz CT molecular complexity index is 173. The average molecular weight is 201 g/mol. The van der Waals surface area contributed by atoms with Gasteiger partial charge in [0.05, 0.1) is 33.7 Å². The maximum Gasteiger partial charge on any atom is 0.146 e. The van der Waals surface area contributed by atoms with Crippen LogP contribution in [-0.4, -0.2) is 51.0 Å². The lowest BCUT2D eigenvalue weighted by Crippen LogP contribution is -2.36. The summed E-state index contributed by atoms with van der Waals surface area (Å²) in [5.74, 6) is 0.248. The Morgan fingerprint density at radius 1 is 1.29 bits per heavy atom. The Balaban J connectivity index is 3.58. The number of carbonyl (C=O) groups is 1. The van der Waals surface area contributed by atoms with Crippen molar-refractivity contribution in [3.63, 3.8) is 0 Å². The van der Waals surface area contributed by atoms with Gasteiger partial charge in [-0.2, -0.15) is 0 Å². The molecule has 0 aromatic carbocycles. The second kappa shape index (κ2) is 6.14. The molecule has 1 N–H and O–H groups in total. The number of likely N-dealkylation sites (N-methyl/N-ethyl adjacent to an activating group) is 1. The van der Waals surface area contributed by atoms with Gasteiger partial charge in [-0.1, -0.05) is 0 Å². The number of quaternary nitrogens is 1. The predicted molar refractivity (Wildman–Crippen MR) is 60.3 cm³/mol. The topological polar surface area (TPSA) is 29.1 Å². The third-order valence-corrected chi connectivity index (χ3v) is 2.41. The summed E-state index contributed by atoms with van der Waals surface area (Å²) in [6.45, 7) is 2.83. The molecule has 3 nitrogen and oxygen atoms in total. The summed E-state index contributed by atoms with van der Waals surface area (Å²) in [5, 5.41) is 3.04. The predicted octanol–water partition coefficient (Wildman–Crippen LogP) is 1.04. The van der Waals surface area contributed by atoms with Crippen LogP contribution in [0.2, 0.25) is 0 Å². The monoisotopic (exact) mass is 201 g/mol. The zero-order chi connectivity index (χ0) is 11.2. The van der Waals surface area contributed by atoms with Crippen molar-refractivity contribution in [1.82, 2.24) is 5.32 Å². The summed E-state index contributed by atoms with van der Waals surface area (Å²) in [6, 6.07) is 0.0578. The van der Waals surface area contributed by atoms with Crippen LogP contribution in [0.4, 0.5) is 0 Å². The molecule has 0 unspecified atom stereocenters. The molecule has 0 saturated carbocycles. The van der Waals surface area contributed by atoms with Crippen LogP contribution in [0.25, 0.3) is 0 Å². The van der Waals surface area contributed by atoms with Gasteiger partial charge in [-0.3, -0.25) is 4.79 Å². The van der Waals surface area contributed by atoms with Gasteiger partial charge in [0.1, 0.15) is 5.78 Å². The molecule has 0 bridgehead atoms. The average Bonchev–Trinajstić information content (AvgIpc) is 2.01. The SMILES string of the molecule is CN[C@@H](CCCC[N+](C)(C)C)C(C)=O. The zero-order valence-electron chi connectivity index (χ0n) is 10.3. The normalized spacial score (nSPS) is 14.1. The van der Waals surface area contributed by atoms with E-state index in [1.807, 2.05) is 7.05 Å². The van der Waals surface area contributed by atoms with E-state index < -0.39 is 0 Å². The van der Waals surface area contributed by atoms with Crippen LogP contribution in [0, 0.1) is 0 Å². The number of nitrogens with zero attached hydrogens (tertiary/aromatic N) is 1. The molecule has 0 radical (unpaired) electrons. The Morgan fingerprint density at radius 3 is 2.21 bits per heavy atom. The van der Waals surface area contributed by atoms with E-state index >= 15 is 0 Å². The number of Topliss-reactive ketones (excluding diaryl/α,β-unsaturated/α-hetero) is 1. The van der Waals surface area contributed by atoms with E-state index in [0.717, 1.165) is 17.3 Å². The molecule has 0 saturated heterocycles. The first-order valence-corrected chi connectivity index (χ1v) is 5.35. The molecule has 0 aliphatic rings. The molecule has 0 fully saturated rings. The van der Waals surface area contributed by atoms with Crippen LogP contribution in [0.3, 0.4) is 0 Å². The van der Waals surface area contributed by atoms with Gasteiger partial charge in [-0.25, -0.2) is 0 Å². The Labute approximate surface area is 88.1 Å². The number of hydrogen-bond donors (Lipinski definition) is 1. The summed E-state index contributed by atoms with van der Waals surface area (Å²) < 4.78 is 1.00. The molecule has 0 aliphatic heterocycles. The third-order valence-electron chi connectivity index (χ3n) is 2.41. The van der Waals surface area contributed by atoms with Gasteiger partial charge < -0.3 is 9.80 Å². The molecule has 0 aliphatic carbocycles. The van der Waals surface area contributed by atoms with Crippen molar-refractivity contribution in [3.8, 4) is 0 Å². The number of rotatable bonds is 7. The smallest absolute Gasteiger partial charge is 0.146 e. The van der Waals surface area contributed by atoms with E-state index in [0.29, 0.717) is 0 Å². The first kappa shape index (κ1) is 13.6. The van der Waals surface area contributed by atoms with Gasteiger partial charge in [0.2, 0.25) is 0 Å². The summed E-state index contributed by atoms with van der Waals surface area (Å²) in [5.41, 5.74) is 0. The molecule has 0 heterocycles. The fraction of sp³-hybridized carbons (Fsp3) is 0.909. The highest BCUT2D eigenvalue weighted by atomic mass is 16.1.